The Bertz CT molecular complexity index is 436. The van der Waals surface area contributed by atoms with Crippen molar-refractivity contribution in [2.45, 2.75) is 32.4 Å². The summed E-state index contributed by atoms with van der Waals surface area (Å²) in [6.45, 7) is 7.96. The van der Waals surface area contributed by atoms with Crippen molar-refractivity contribution in [1.82, 2.24) is 10.2 Å². The van der Waals surface area contributed by atoms with Gasteiger partial charge in [0, 0.05) is 13.1 Å². The molecule has 4 heteroatoms. The van der Waals surface area contributed by atoms with E-state index in [2.05, 4.69) is 17.1 Å². The molecular formula is C16H25FN2O. The van der Waals surface area contributed by atoms with Gasteiger partial charge in [-0.1, -0.05) is 13.0 Å². The number of rotatable bonds is 5. The Morgan fingerprint density at radius 3 is 2.95 bits per heavy atom. The number of nitrogens with one attached hydrogen (secondary N) is 1. The summed E-state index contributed by atoms with van der Waals surface area (Å²) in [5.41, 5.74) is 2.10. The third-order valence-electron chi connectivity index (χ3n) is 3.97. The van der Waals surface area contributed by atoms with Crippen molar-refractivity contribution in [3.05, 3.63) is 35.1 Å². The van der Waals surface area contributed by atoms with E-state index in [1.807, 2.05) is 20.0 Å². The average Bonchev–Trinajstić information content (AvgIpc) is 2.43. The van der Waals surface area contributed by atoms with Crippen LogP contribution in [0.5, 0.6) is 0 Å². The number of hydrogen-bond acceptors (Lipinski definition) is 3. The van der Waals surface area contributed by atoms with Crippen LogP contribution >= 0.6 is 0 Å². The van der Waals surface area contributed by atoms with Crippen LogP contribution in [0.2, 0.25) is 0 Å². The van der Waals surface area contributed by atoms with Gasteiger partial charge < -0.3 is 10.1 Å². The average molecular weight is 280 g/mol. The van der Waals surface area contributed by atoms with E-state index in [1.54, 1.807) is 6.07 Å². The van der Waals surface area contributed by atoms with Crippen molar-refractivity contribution in [1.29, 1.82) is 0 Å². The topological polar surface area (TPSA) is 24.5 Å². The maximum absolute atomic E-state index is 13.3. The lowest BCUT2D eigenvalue weighted by atomic mass is 9.96. The Balaban J connectivity index is 2.14. The summed E-state index contributed by atoms with van der Waals surface area (Å²) in [5.74, 6) is -0.182. The first kappa shape index (κ1) is 15.4. The summed E-state index contributed by atoms with van der Waals surface area (Å²) >= 11 is 0. The van der Waals surface area contributed by atoms with Gasteiger partial charge in [0.1, 0.15) is 5.82 Å². The van der Waals surface area contributed by atoms with Crippen LogP contribution < -0.4 is 5.32 Å². The lowest BCUT2D eigenvalue weighted by molar-refractivity contribution is -0.0460. The maximum atomic E-state index is 13.3. The zero-order chi connectivity index (χ0) is 14.5. The molecule has 1 N–H and O–H groups in total. The lowest BCUT2D eigenvalue weighted by Gasteiger charge is -2.37. The molecule has 112 valence electrons. The molecule has 1 aromatic carbocycles. The zero-order valence-electron chi connectivity index (χ0n) is 12.7. The summed E-state index contributed by atoms with van der Waals surface area (Å²) < 4.78 is 19.2. The molecule has 1 aliphatic heterocycles. The minimum atomic E-state index is -0.182. The number of hydrogen-bond donors (Lipinski definition) is 1. The fraction of sp³-hybridized carbons (Fsp3) is 0.625. The number of likely N-dealkylation sites (N-methyl/N-ethyl adjacent to an activating group) is 1. The number of ether oxygens (including phenoxy) is 1. The quantitative estimate of drug-likeness (QED) is 0.897. The van der Waals surface area contributed by atoms with Crippen LogP contribution in [0.4, 0.5) is 4.39 Å². The molecule has 2 unspecified atom stereocenters. The van der Waals surface area contributed by atoms with E-state index >= 15 is 0 Å². The van der Waals surface area contributed by atoms with E-state index in [9.17, 15) is 4.39 Å². The van der Waals surface area contributed by atoms with Gasteiger partial charge in [0.2, 0.25) is 0 Å². The Kier molecular flexibility index (Phi) is 5.52. The van der Waals surface area contributed by atoms with Crippen LogP contribution in [0.15, 0.2) is 18.2 Å². The smallest absolute Gasteiger partial charge is 0.123 e. The van der Waals surface area contributed by atoms with E-state index in [0.29, 0.717) is 0 Å². The largest absolute Gasteiger partial charge is 0.374 e. The fourth-order valence-electron chi connectivity index (χ4n) is 2.98. The molecule has 1 saturated heterocycles. The molecule has 0 amide bonds. The Labute approximate surface area is 121 Å². The first-order valence-electron chi connectivity index (χ1n) is 7.43. The Morgan fingerprint density at radius 1 is 1.50 bits per heavy atom. The van der Waals surface area contributed by atoms with Crippen molar-refractivity contribution in [3.63, 3.8) is 0 Å². The molecule has 20 heavy (non-hydrogen) atoms. The molecule has 0 radical (unpaired) electrons. The van der Waals surface area contributed by atoms with Crippen LogP contribution in [-0.4, -0.2) is 44.3 Å². The predicted octanol–water partition coefficient (Wildman–Crippen LogP) is 2.51. The minimum Gasteiger partial charge on any atom is -0.374 e. The number of benzene rings is 1. The molecule has 1 aliphatic rings. The van der Waals surface area contributed by atoms with Gasteiger partial charge >= 0.3 is 0 Å². The third-order valence-corrected chi connectivity index (χ3v) is 3.97. The molecule has 1 fully saturated rings. The van der Waals surface area contributed by atoms with Crippen LogP contribution in [0, 0.1) is 12.7 Å². The second kappa shape index (κ2) is 7.16. The van der Waals surface area contributed by atoms with E-state index in [0.717, 1.165) is 43.8 Å². The van der Waals surface area contributed by atoms with Crippen LogP contribution in [-0.2, 0) is 4.74 Å². The number of aryl methyl sites for hydroxylation is 1. The number of morpholine rings is 1. The summed E-state index contributed by atoms with van der Waals surface area (Å²) in [5, 5.41) is 3.34. The predicted molar refractivity (Wildman–Crippen MR) is 79.4 cm³/mol. The van der Waals surface area contributed by atoms with Gasteiger partial charge in [-0.3, -0.25) is 4.90 Å². The van der Waals surface area contributed by atoms with Gasteiger partial charge in [0.05, 0.1) is 18.8 Å². The van der Waals surface area contributed by atoms with Gasteiger partial charge in [-0.2, -0.15) is 0 Å². The summed E-state index contributed by atoms with van der Waals surface area (Å²) in [6.07, 6.45) is 1.27. The highest BCUT2D eigenvalue weighted by atomic mass is 19.1. The fourth-order valence-corrected chi connectivity index (χ4v) is 2.98. The zero-order valence-corrected chi connectivity index (χ0v) is 12.7. The minimum absolute atomic E-state index is 0.107. The number of halogens is 1. The van der Waals surface area contributed by atoms with Gasteiger partial charge in [-0.25, -0.2) is 4.39 Å². The van der Waals surface area contributed by atoms with Gasteiger partial charge in [0.15, 0.2) is 0 Å². The molecule has 0 aliphatic carbocycles. The van der Waals surface area contributed by atoms with E-state index in [4.69, 9.17) is 4.74 Å². The van der Waals surface area contributed by atoms with Crippen molar-refractivity contribution >= 4 is 0 Å². The molecule has 0 spiro atoms. The van der Waals surface area contributed by atoms with Gasteiger partial charge in [-0.15, -0.1) is 0 Å². The Hall–Kier alpha value is -0.970. The molecule has 1 heterocycles. The molecule has 2 rings (SSSR count). The Morgan fingerprint density at radius 2 is 2.30 bits per heavy atom. The standard InChI is InChI=1S/C16H25FN2O/c1-4-7-19-8-9-20-15(11-19)16(18-3)14-6-5-13(17)10-12(14)2/h5-6,10,15-16,18H,4,7-9,11H2,1-3H3. The van der Waals surface area contributed by atoms with E-state index < -0.39 is 0 Å². The third kappa shape index (κ3) is 3.57. The molecule has 3 nitrogen and oxygen atoms in total. The normalized spacial score (nSPS) is 21.9. The van der Waals surface area contributed by atoms with Crippen LogP contribution in [0.25, 0.3) is 0 Å². The highest BCUT2D eigenvalue weighted by Crippen LogP contribution is 2.25. The molecule has 0 aromatic heterocycles. The second-order valence-electron chi connectivity index (χ2n) is 5.48. The van der Waals surface area contributed by atoms with Gasteiger partial charge in [-0.05, 0) is 50.2 Å². The molecule has 2 atom stereocenters. The summed E-state index contributed by atoms with van der Waals surface area (Å²) in [4.78, 5) is 2.44. The van der Waals surface area contributed by atoms with Crippen LogP contribution in [0.1, 0.15) is 30.5 Å². The highest BCUT2D eigenvalue weighted by Gasteiger charge is 2.28. The molecule has 0 bridgehead atoms. The monoisotopic (exact) mass is 280 g/mol. The maximum Gasteiger partial charge on any atom is 0.123 e. The van der Waals surface area contributed by atoms with Crippen molar-refractivity contribution in [2.24, 2.45) is 0 Å². The number of nitrogens with zero attached hydrogens (tertiary/aromatic N) is 1. The van der Waals surface area contributed by atoms with Crippen molar-refractivity contribution in [3.8, 4) is 0 Å². The first-order valence-corrected chi connectivity index (χ1v) is 7.43. The summed E-state index contributed by atoms with van der Waals surface area (Å²) in [6, 6.07) is 5.09. The van der Waals surface area contributed by atoms with E-state index in [1.165, 1.54) is 6.07 Å². The van der Waals surface area contributed by atoms with Gasteiger partial charge in [0.25, 0.3) is 0 Å². The van der Waals surface area contributed by atoms with Crippen molar-refractivity contribution in [2.75, 3.05) is 33.3 Å². The molecular weight excluding hydrogens is 255 g/mol. The SMILES string of the molecule is CCCN1CCOC(C(NC)c2ccc(F)cc2C)C1. The second-order valence-corrected chi connectivity index (χ2v) is 5.48. The lowest BCUT2D eigenvalue weighted by Crippen LogP contribution is -2.48. The highest BCUT2D eigenvalue weighted by molar-refractivity contribution is 5.30. The summed E-state index contributed by atoms with van der Waals surface area (Å²) in [7, 11) is 1.94. The van der Waals surface area contributed by atoms with E-state index in [-0.39, 0.29) is 18.0 Å². The molecule has 1 aromatic rings. The van der Waals surface area contributed by atoms with Crippen molar-refractivity contribution < 1.29 is 9.13 Å². The first-order chi connectivity index (χ1) is 9.65. The molecule has 0 saturated carbocycles. The van der Waals surface area contributed by atoms with Crippen LogP contribution in [0.3, 0.4) is 0 Å².